The van der Waals surface area contributed by atoms with E-state index >= 15 is 0 Å². The number of rotatable bonds is 7. The lowest BCUT2D eigenvalue weighted by Crippen LogP contribution is -2.25. The first kappa shape index (κ1) is 15.3. The van der Waals surface area contributed by atoms with E-state index in [1.165, 1.54) is 6.92 Å². The summed E-state index contributed by atoms with van der Waals surface area (Å²) in [5.41, 5.74) is 0.905. The first-order valence-corrected chi connectivity index (χ1v) is 6.23. The number of carboxylic acid groups (broad SMARTS) is 1. The van der Waals surface area contributed by atoms with Crippen molar-refractivity contribution in [2.45, 2.75) is 39.5 Å². The van der Waals surface area contributed by atoms with Crippen LogP contribution in [0.15, 0.2) is 18.2 Å². The van der Waals surface area contributed by atoms with Gasteiger partial charge in [-0.05, 0) is 13.0 Å². The normalized spacial score (nSPS) is 12.3. The second-order valence-electron chi connectivity index (χ2n) is 4.61. The maximum Gasteiger partial charge on any atom is 0.344 e. The van der Waals surface area contributed by atoms with Gasteiger partial charge in [0.25, 0.3) is 0 Å². The van der Waals surface area contributed by atoms with Crippen molar-refractivity contribution in [3.05, 3.63) is 23.8 Å². The molecule has 1 atom stereocenters. The Labute approximate surface area is 113 Å². The molecule has 0 aliphatic rings. The fraction of sp³-hybridized carbons (Fsp3) is 0.500. The Bertz CT molecular complexity index is 431. The monoisotopic (exact) mass is 267 g/mol. The Kier molecular flexibility index (Phi) is 5.63. The molecule has 0 aliphatic heterocycles. The molecule has 1 unspecified atom stereocenters. The van der Waals surface area contributed by atoms with Crippen molar-refractivity contribution in [1.82, 2.24) is 5.32 Å². The Morgan fingerprint density at radius 3 is 2.58 bits per heavy atom. The maximum absolute atomic E-state index is 10.9. The molecule has 0 saturated carbocycles. The SMILES string of the molecule is COc1ccc(CNC(C)C)c(OC(C)C(=O)O)c1. The van der Waals surface area contributed by atoms with Crippen LogP contribution in [0.5, 0.6) is 11.5 Å². The van der Waals surface area contributed by atoms with Crippen molar-refractivity contribution in [3.63, 3.8) is 0 Å². The van der Waals surface area contributed by atoms with Gasteiger partial charge in [-0.1, -0.05) is 19.9 Å². The van der Waals surface area contributed by atoms with E-state index in [2.05, 4.69) is 5.32 Å². The molecule has 0 heterocycles. The molecule has 0 fully saturated rings. The number of ether oxygens (including phenoxy) is 2. The third-order valence-electron chi connectivity index (χ3n) is 2.63. The standard InChI is InChI=1S/C14H21NO4/c1-9(2)15-8-11-5-6-12(18-4)7-13(11)19-10(3)14(16)17/h5-7,9-10,15H,8H2,1-4H3,(H,16,17). The average Bonchev–Trinajstić information content (AvgIpc) is 2.36. The van der Waals surface area contributed by atoms with E-state index in [1.54, 1.807) is 13.2 Å². The van der Waals surface area contributed by atoms with Crippen molar-refractivity contribution in [1.29, 1.82) is 0 Å². The number of carboxylic acids is 1. The maximum atomic E-state index is 10.9. The minimum atomic E-state index is -0.995. The Hall–Kier alpha value is -1.75. The lowest BCUT2D eigenvalue weighted by Gasteiger charge is -2.17. The minimum absolute atomic E-state index is 0.340. The third kappa shape index (κ3) is 4.79. The van der Waals surface area contributed by atoms with Crippen molar-refractivity contribution >= 4 is 5.97 Å². The summed E-state index contributed by atoms with van der Waals surface area (Å²) < 4.78 is 10.6. The Morgan fingerprint density at radius 1 is 1.37 bits per heavy atom. The Morgan fingerprint density at radius 2 is 2.05 bits per heavy atom. The summed E-state index contributed by atoms with van der Waals surface area (Å²) in [7, 11) is 1.56. The molecule has 0 spiro atoms. The van der Waals surface area contributed by atoms with Gasteiger partial charge in [-0.15, -0.1) is 0 Å². The summed E-state index contributed by atoms with van der Waals surface area (Å²) in [6, 6.07) is 5.75. The highest BCUT2D eigenvalue weighted by Crippen LogP contribution is 2.26. The van der Waals surface area contributed by atoms with Gasteiger partial charge in [-0.25, -0.2) is 4.79 Å². The molecule has 0 bridgehead atoms. The van der Waals surface area contributed by atoms with Crippen LogP contribution in [0.25, 0.3) is 0 Å². The topological polar surface area (TPSA) is 67.8 Å². The van der Waals surface area contributed by atoms with E-state index in [0.29, 0.717) is 24.1 Å². The van der Waals surface area contributed by atoms with Crippen LogP contribution in [-0.4, -0.2) is 30.3 Å². The molecule has 0 radical (unpaired) electrons. The Balaban J connectivity index is 2.91. The largest absolute Gasteiger partial charge is 0.497 e. The van der Waals surface area contributed by atoms with E-state index in [1.807, 2.05) is 26.0 Å². The predicted molar refractivity (Wildman–Crippen MR) is 72.7 cm³/mol. The minimum Gasteiger partial charge on any atom is -0.497 e. The molecule has 0 saturated heterocycles. The number of benzene rings is 1. The van der Waals surface area contributed by atoms with E-state index < -0.39 is 12.1 Å². The molecule has 2 N–H and O–H groups in total. The van der Waals surface area contributed by atoms with Gasteiger partial charge in [0.1, 0.15) is 11.5 Å². The van der Waals surface area contributed by atoms with Crippen LogP contribution in [0, 0.1) is 0 Å². The molecule has 106 valence electrons. The number of hydrogen-bond donors (Lipinski definition) is 2. The summed E-state index contributed by atoms with van der Waals surface area (Å²) in [4.78, 5) is 10.9. The van der Waals surface area contributed by atoms with Crippen LogP contribution in [0.4, 0.5) is 0 Å². The highest BCUT2D eigenvalue weighted by molar-refractivity contribution is 5.72. The fourth-order valence-corrected chi connectivity index (χ4v) is 1.47. The van der Waals surface area contributed by atoms with Gasteiger partial charge in [0, 0.05) is 24.2 Å². The first-order chi connectivity index (χ1) is 8.93. The molecular formula is C14H21NO4. The van der Waals surface area contributed by atoms with Gasteiger partial charge in [0.2, 0.25) is 0 Å². The summed E-state index contributed by atoms with van der Waals surface area (Å²) >= 11 is 0. The predicted octanol–water partition coefficient (Wildman–Crippen LogP) is 2.05. The first-order valence-electron chi connectivity index (χ1n) is 6.23. The van der Waals surface area contributed by atoms with Crippen molar-refractivity contribution < 1.29 is 19.4 Å². The molecule has 1 rings (SSSR count). The van der Waals surface area contributed by atoms with Crippen LogP contribution in [0.2, 0.25) is 0 Å². The zero-order chi connectivity index (χ0) is 14.4. The van der Waals surface area contributed by atoms with Gasteiger partial charge in [0.05, 0.1) is 7.11 Å². The number of carbonyl (C=O) groups is 1. The molecule has 0 amide bonds. The zero-order valence-corrected chi connectivity index (χ0v) is 11.8. The van der Waals surface area contributed by atoms with Gasteiger partial charge in [-0.2, -0.15) is 0 Å². The van der Waals surface area contributed by atoms with Crippen molar-refractivity contribution in [2.24, 2.45) is 0 Å². The quantitative estimate of drug-likeness (QED) is 0.791. The lowest BCUT2D eigenvalue weighted by atomic mass is 10.1. The van der Waals surface area contributed by atoms with E-state index in [0.717, 1.165) is 5.56 Å². The van der Waals surface area contributed by atoms with Crippen LogP contribution in [0.3, 0.4) is 0 Å². The molecule has 1 aromatic rings. The van der Waals surface area contributed by atoms with Gasteiger partial charge >= 0.3 is 5.97 Å². The third-order valence-corrected chi connectivity index (χ3v) is 2.63. The van der Waals surface area contributed by atoms with Crippen LogP contribution >= 0.6 is 0 Å². The summed E-state index contributed by atoms with van der Waals surface area (Å²) in [5, 5.41) is 12.2. The molecule has 5 nitrogen and oxygen atoms in total. The number of methoxy groups -OCH3 is 1. The number of nitrogens with one attached hydrogen (secondary N) is 1. The van der Waals surface area contributed by atoms with Crippen molar-refractivity contribution in [2.75, 3.05) is 7.11 Å². The highest BCUT2D eigenvalue weighted by Gasteiger charge is 2.15. The molecular weight excluding hydrogens is 246 g/mol. The number of hydrogen-bond acceptors (Lipinski definition) is 4. The van der Waals surface area contributed by atoms with E-state index in [9.17, 15) is 4.79 Å². The number of aliphatic carboxylic acids is 1. The summed E-state index contributed by atoms with van der Waals surface area (Å²) in [5.74, 6) is 0.175. The zero-order valence-electron chi connectivity index (χ0n) is 11.8. The molecule has 0 aliphatic carbocycles. The van der Waals surface area contributed by atoms with E-state index in [-0.39, 0.29) is 0 Å². The van der Waals surface area contributed by atoms with Crippen LogP contribution < -0.4 is 14.8 Å². The molecule has 0 aromatic heterocycles. The smallest absolute Gasteiger partial charge is 0.344 e. The molecule has 5 heteroatoms. The summed E-state index contributed by atoms with van der Waals surface area (Å²) in [6.45, 7) is 6.21. The second-order valence-corrected chi connectivity index (χ2v) is 4.61. The van der Waals surface area contributed by atoms with Gasteiger partial charge < -0.3 is 19.9 Å². The van der Waals surface area contributed by atoms with Crippen molar-refractivity contribution in [3.8, 4) is 11.5 Å². The fourth-order valence-electron chi connectivity index (χ4n) is 1.47. The van der Waals surface area contributed by atoms with Gasteiger partial charge in [-0.3, -0.25) is 0 Å². The van der Waals surface area contributed by atoms with Gasteiger partial charge in [0.15, 0.2) is 6.10 Å². The van der Waals surface area contributed by atoms with E-state index in [4.69, 9.17) is 14.6 Å². The van der Waals surface area contributed by atoms with Crippen LogP contribution in [-0.2, 0) is 11.3 Å². The highest BCUT2D eigenvalue weighted by atomic mass is 16.5. The van der Waals surface area contributed by atoms with Crippen LogP contribution in [0.1, 0.15) is 26.3 Å². The lowest BCUT2D eigenvalue weighted by molar-refractivity contribution is -0.144. The molecule has 19 heavy (non-hydrogen) atoms. The summed E-state index contributed by atoms with van der Waals surface area (Å²) in [6.07, 6.45) is -0.898. The molecule has 1 aromatic carbocycles. The average molecular weight is 267 g/mol. The second kappa shape index (κ2) is 6.99.